The molecular formula is C32H27N5O4. The molecule has 1 aliphatic carbocycles. The van der Waals surface area contributed by atoms with Crippen LogP contribution in [0, 0.1) is 0 Å². The van der Waals surface area contributed by atoms with E-state index in [4.69, 9.17) is 5.53 Å². The number of urea groups is 1. The van der Waals surface area contributed by atoms with E-state index in [1.165, 1.54) is 9.80 Å². The second-order valence-electron chi connectivity index (χ2n) is 10.2. The van der Waals surface area contributed by atoms with Gasteiger partial charge in [0.2, 0.25) is 0 Å². The highest BCUT2D eigenvalue weighted by molar-refractivity contribution is 5.93. The number of hydrogen-bond acceptors (Lipinski definition) is 4. The Hall–Kier alpha value is -5.11. The predicted molar refractivity (Wildman–Crippen MR) is 153 cm³/mol. The summed E-state index contributed by atoms with van der Waals surface area (Å²) in [5.41, 5.74) is 12.5. The molecule has 6 rings (SSSR count). The summed E-state index contributed by atoms with van der Waals surface area (Å²) in [6, 6.07) is 30.8. The molecule has 1 aliphatic heterocycles. The van der Waals surface area contributed by atoms with Gasteiger partial charge in [-0.15, -0.1) is 0 Å². The second-order valence-corrected chi connectivity index (χ2v) is 10.2. The van der Waals surface area contributed by atoms with Crippen molar-refractivity contribution in [3.8, 4) is 11.1 Å². The molecule has 9 heteroatoms. The van der Waals surface area contributed by atoms with Crippen LogP contribution in [0.15, 0.2) is 114 Å². The third-order valence-electron chi connectivity index (χ3n) is 8.07. The lowest BCUT2D eigenvalue weighted by molar-refractivity contribution is -0.144. The minimum atomic E-state index is -1.48. The summed E-state index contributed by atoms with van der Waals surface area (Å²) in [5.74, 6) is -1.27. The Balaban J connectivity index is 1.65. The van der Waals surface area contributed by atoms with Crippen molar-refractivity contribution in [3.63, 3.8) is 0 Å². The Labute approximate surface area is 236 Å². The van der Waals surface area contributed by atoms with Gasteiger partial charge in [0.15, 0.2) is 6.04 Å². The van der Waals surface area contributed by atoms with Crippen molar-refractivity contribution in [2.24, 2.45) is 5.11 Å². The number of benzene rings is 4. The summed E-state index contributed by atoms with van der Waals surface area (Å²) in [5, 5.41) is 25.7. The fraction of sp³-hybridized carbons (Fsp3) is 0.188. The highest BCUT2D eigenvalue weighted by atomic mass is 16.4. The molecule has 1 fully saturated rings. The molecule has 9 nitrogen and oxygen atoms in total. The fourth-order valence-corrected chi connectivity index (χ4v) is 6.52. The molecule has 1 saturated heterocycles. The topological polar surface area (TPSA) is 130 Å². The minimum Gasteiger partial charge on any atom is -0.480 e. The van der Waals surface area contributed by atoms with E-state index in [0.29, 0.717) is 0 Å². The van der Waals surface area contributed by atoms with Gasteiger partial charge in [-0.1, -0.05) is 114 Å². The predicted octanol–water partition coefficient (Wildman–Crippen LogP) is 5.39. The quantitative estimate of drug-likeness (QED) is 0.175. The number of aliphatic carboxylic acids is 1. The fourth-order valence-electron chi connectivity index (χ4n) is 6.52. The Bertz CT molecular complexity index is 1610. The van der Waals surface area contributed by atoms with E-state index in [1.807, 2.05) is 109 Å². The molecule has 4 aromatic carbocycles. The van der Waals surface area contributed by atoms with E-state index < -0.39 is 35.7 Å². The summed E-state index contributed by atoms with van der Waals surface area (Å²) in [6.07, 6.45) is -1.43. The molecule has 3 atom stereocenters. The highest BCUT2D eigenvalue weighted by Gasteiger charge is 2.62. The molecule has 0 saturated carbocycles. The number of fused-ring (bicyclic) bond motifs is 3. The van der Waals surface area contributed by atoms with Gasteiger partial charge in [0, 0.05) is 11.5 Å². The van der Waals surface area contributed by atoms with Gasteiger partial charge in [0.25, 0.3) is 0 Å². The van der Waals surface area contributed by atoms with Crippen molar-refractivity contribution in [2.75, 3.05) is 6.54 Å². The van der Waals surface area contributed by atoms with E-state index in [2.05, 4.69) is 10.0 Å². The molecule has 204 valence electrons. The van der Waals surface area contributed by atoms with E-state index in [-0.39, 0.29) is 13.1 Å². The molecule has 4 aromatic rings. The van der Waals surface area contributed by atoms with Crippen molar-refractivity contribution in [1.82, 2.24) is 9.80 Å². The SMILES string of the molecule is [N-]=[N+]=NC[C@@H](O)C1[C@@H](C(=O)O)N(C2(c3ccccc3)c3ccccc3-c3ccccc32)C(=O)N1Cc1ccccc1. The molecule has 0 aromatic heterocycles. The lowest BCUT2D eigenvalue weighted by atomic mass is 9.78. The minimum absolute atomic E-state index is 0.0616. The maximum atomic E-state index is 14.8. The zero-order valence-corrected chi connectivity index (χ0v) is 22.0. The molecule has 2 amide bonds. The number of carbonyl (C=O) groups is 2. The number of carbonyl (C=O) groups excluding carboxylic acids is 1. The smallest absolute Gasteiger partial charge is 0.328 e. The lowest BCUT2D eigenvalue weighted by Gasteiger charge is -2.43. The van der Waals surface area contributed by atoms with E-state index >= 15 is 0 Å². The largest absolute Gasteiger partial charge is 0.480 e. The average Bonchev–Trinajstić information content (AvgIpc) is 3.47. The van der Waals surface area contributed by atoms with Gasteiger partial charge in [-0.25, -0.2) is 9.59 Å². The number of amides is 2. The molecule has 2 aliphatic rings. The Morgan fingerprint density at radius 1 is 0.878 bits per heavy atom. The van der Waals surface area contributed by atoms with Gasteiger partial charge < -0.3 is 15.1 Å². The molecule has 41 heavy (non-hydrogen) atoms. The van der Waals surface area contributed by atoms with Gasteiger partial charge in [0.05, 0.1) is 18.7 Å². The van der Waals surface area contributed by atoms with Crippen LogP contribution in [0.25, 0.3) is 21.6 Å². The first-order valence-electron chi connectivity index (χ1n) is 13.3. The molecule has 0 bridgehead atoms. The Kier molecular flexibility index (Phi) is 6.67. The first-order chi connectivity index (χ1) is 20.0. The standard InChI is InChI=1S/C32H27N5O4/c33-35-34-19-27(38)28-29(30(39)40)37(31(41)36(28)20-21-11-3-1-4-12-21)32(22-13-5-2-6-14-22)25-17-9-7-15-23(25)24-16-8-10-18-26(24)32/h1-18,27-29,38H,19-20H2,(H,39,40)/t27-,28?,29+/m1/s1. The van der Waals surface area contributed by atoms with Crippen LogP contribution in [-0.4, -0.2) is 56.7 Å². The van der Waals surface area contributed by atoms with Gasteiger partial charge in [-0.3, -0.25) is 4.90 Å². The molecule has 1 unspecified atom stereocenters. The summed E-state index contributed by atoms with van der Waals surface area (Å²) in [7, 11) is 0. The van der Waals surface area contributed by atoms with Crippen LogP contribution in [0.1, 0.15) is 22.3 Å². The summed E-state index contributed by atoms with van der Waals surface area (Å²) < 4.78 is 0. The van der Waals surface area contributed by atoms with Crippen LogP contribution in [0.2, 0.25) is 0 Å². The number of hydrogen-bond donors (Lipinski definition) is 2. The van der Waals surface area contributed by atoms with Gasteiger partial charge in [-0.2, -0.15) is 0 Å². The van der Waals surface area contributed by atoms with Crippen LogP contribution in [-0.2, 0) is 16.9 Å². The molecular weight excluding hydrogens is 518 g/mol. The lowest BCUT2D eigenvalue weighted by Crippen LogP contribution is -2.57. The number of azide groups is 1. The highest BCUT2D eigenvalue weighted by Crippen LogP contribution is 2.56. The van der Waals surface area contributed by atoms with Crippen molar-refractivity contribution in [2.45, 2.75) is 30.3 Å². The second kappa shape index (κ2) is 10.5. The summed E-state index contributed by atoms with van der Waals surface area (Å²) >= 11 is 0. The van der Waals surface area contributed by atoms with Crippen molar-refractivity contribution in [1.29, 1.82) is 0 Å². The molecule has 1 heterocycles. The number of nitrogens with zero attached hydrogens (tertiary/aromatic N) is 5. The van der Waals surface area contributed by atoms with Crippen LogP contribution in [0.4, 0.5) is 4.79 Å². The van der Waals surface area contributed by atoms with E-state index in [9.17, 15) is 19.8 Å². The molecule has 2 N–H and O–H groups in total. The van der Waals surface area contributed by atoms with Gasteiger partial charge >= 0.3 is 12.0 Å². The van der Waals surface area contributed by atoms with Gasteiger partial charge in [-0.05, 0) is 38.9 Å². The number of aliphatic hydroxyl groups excluding tert-OH is 1. The van der Waals surface area contributed by atoms with Crippen LogP contribution in [0.5, 0.6) is 0 Å². The van der Waals surface area contributed by atoms with Crippen LogP contribution >= 0.6 is 0 Å². The first-order valence-corrected chi connectivity index (χ1v) is 13.3. The van der Waals surface area contributed by atoms with E-state index in [0.717, 1.165) is 33.4 Å². The number of rotatable bonds is 8. The van der Waals surface area contributed by atoms with E-state index in [1.54, 1.807) is 0 Å². The van der Waals surface area contributed by atoms with Crippen molar-refractivity contribution in [3.05, 3.63) is 142 Å². The number of aliphatic hydroxyl groups is 1. The number of carboxylic acids is 1. The maximum absolute atomic E-state index is 14.8. The van der Waals surface area contributed by atoms with Crippen molar-refractivity contribution < 1.29 is 19.8 Å². The number of carboxylic acid groups (broad SMARTS) is 1. The zero-order chi connectivity index (χ0) is 28.6. The third kappa shape index (κ3) is 4.02. The van der Waals surface area contributed by atoms with Crippen molar-refractivity contribution >= 4 is 12.0 Å². The van der Waals surface area contributed by atoms with Gasteiger partial charge in [0.1, 0.15) is 5.54 Å². The van der Waals surface area contributed by atoms with Crippen LogP contribution < -0.4 is 0 Å². The van der Waals surface area contributed by atoms with Crippen LogP contribution in [0.3, 0.4) is 0 Å². The maximum Gasteiger partial charge on any atom is 0.328 e. The summed E-state index contributed by atoms with van der Waals surface area (Å²) in [4.78, 5) is 33.6. The normalized spacial score (nSPS) is 19.3. The Morgan fingerprint density at radius 2 is 1.41 bits per heavy atom. The first kappa shape index (κ1) is 26.1. The summed E-state index contributed by atoms with van der Waals surface area (Å²) in [6.45, 7) is -0.324. The monoisotopic (exact) mass is 545 g/mol. The molecule has 0 spiro atoms. The third-order valence-corrected chi connectivity index (χ3v) is 8.07. The Morgan fingerprint density at radius 3 is 1.98 bits per heavy atom. The zero-order valence-electron chi connectivity index (χ0n) is 22.0. The average molecular weight is 546 g/mol. The molecule has 0 radical (unpaired) electrons.